The molecule has 0 aliphatic carbocycles. The molecule has 2 aromatic heterocycles. The monoisotopic (exact) mass is 556 g/mol. The summed E-state index contributed by atoms with van der Waals surface area (Å²) >= 11 is 0. The Bertz CT molecular complexity index is 1270. The topological polar surface area (TPSA) is 101 Å². The molecule has 2 aliphatic rings. The summed E-state index contributed by atoms with van der Waals surface area (Å²) in [5, 5.41) is 2.40. The normalized spacial score (nSPS) is 20.4. The number of carbonyl (C=O) groups is 2. The summed E-state index contributed by atoms with van der Waals surface area (Å²) < 4.78 is 76.4. The first-order valence-corrected chi connectivity index (χ1v) is 12.3. The van der Waals surface area contributed by atoms with E-state index in [1.165, 1.54) is 4.90 Å². The average molecular weight is 557 g/mol. The van der Waals surface area contributed by atoms with Crippen LogP contribution in [-0.2, 0) is 15.7 Å². The lowest BCUT2D eigenvalue weighted by molar-refractivity contribution is -0.137. The fourth-order valence-corrected chi connectivity index (χ4v) is 4.65. The Hall–Kier alpha value is -3.58. The summed E-state index contributed by atoms with van der Waals surface area (Å²) in [5.41, 5.74) is -2.44. The van der Waals surface area contributed by atoms with Crippen LogP contribution in [0.15, 0.2) is 18.5 Å². The van der Waals surface area contributed by atoms with Gasteiger partial charge in [0.2, 0.25) is 5.91 Å². The van der Waals surface area contributed by atoms with Gasteiger partial charge < -0.3 is 19.9 Å². The Morgan fingerprint density at radius 2 is 1.77 bits per heavy atom. The number of piperazine rings is 1. The third kappa shape index (κ3) is 6.19. The number of pyridine rings is 1. The lowest BCUT2D eigenvalue weighted by Gasteiger charge is -2.41. The number of anilines is 2. The molecule has 0 radical (unpaired) electrons. The fourth-order valence-electron chi connectivity index (χ4n) is 4.65. The van der Waals surface area contributed by atoms with E-state index in [2.05, 4.69) is 20.3 Å². The van der Waals surface area contributed by atoms with Gasteiger partial charge in [-0.3, -0.25) is 4.79 Å². The molecule has 2 atom stereocenters. The van der Waals surface area contributed by atoms with Gasteiger partial charge >= 0.3 is 12.3 Å². The first-order chi connectivity index (χ1) is 17.9. The molecular weight excluding hydrogens is 527 g/mol. The summed E-state index contributed by atoms with van der Waals surface area (Å²) in [7, 11) is 0. The van der Waals surface area contributed by atoms with Crippen LogP contribution in [0.3, 0.4) is 0 Å². The highest BCUT2D eigenvalue weighted by Gasteiger charge is 2.44. The number of alkyl halides is 5. The van der Waals surface area contributed by atoms with Crippen LogP contribution in [0.25, 0.3) is 11.4 Å². The maximum atomic E-state index is 14.6. The Morgan fingerprint density at radius 3 is 2.36 bits per heavy atom. The largest absolute Gasteiger partial charge is 0.444 e. The average Bonchev–Trinajstić information content (AvgIpc) is 2.80. The predicted molar refractivity (Wildman–Crippen MR) is 131 cm³/mol. The van der Waals surface area contributed by atoms with E-state index in [9.17, 15) is 31.5 Å². The van der Waals surface area contributed by atoms with Gasteiger partial charge in [-0.1, -0.05) is 0 Å². The van der Waals surface area contributed by atoms with Gasteiger partial charge in [0.1, 0.15) is 23.6 Å². The minimum Gasteiger partial charge on any atom is -0.444 e. The van der Waals surface area contributed by atoms with Crippen molar-refractivity contribution in [2.24, 2.45) is 0 Å². The van der Waals surface area contributed by atoms with E-state index in [0.717, 1.165) is 18.5 Å². The molecule has 212 valence electrons. The number of hydrogen-bond acceptors (Lipinski definition) is 7. The van der Waals surface area contributed by atoms with Gasteiger partial charge in [0.05, 0.1) is 22.9 Å². The summed E-state index contributed by atoms with van der Waals surface area (Å²) in [4.78, 5) is 40.0. The lowest BCUT2D eigenvalue weighted by atomic mass is 9.85. The van der Waals surface area contributed by atoms with Crippen LogP contribution in [-0.4, -0.2) is 69.1 Å². The van der Waals surface area contributed by atoms with Crippen LogP contribution in [0.4, 0.5) is 38.4 Å². The van der Waals surface area contributed by atoms with Crippen molar-refractivity contribution < 1.29 is 36.3 Å². The van der Waals surface area contributed by atoms with Gasteiger partial charge in [0.25, 0.3) is 5.92 Å². The van der Waals surface area contributed by atoms with Crippen LogP contribution in [0.5, 0.6) is 0 Å². The maximum absolute atomic E-state index is 14.6. The first kappa shape index (κ1) is 28.4. The van der Waals surface area contributed by atoms with Gasteiger partial charge in [0.15, 0.2) is 0 Å². The minimum atomic E-state index is -4.77. The van der Waals surface area contributed by atoms with Crippen molar-refractivity contribution in [1.29, 1.82) is 0 Å². The number of rotatable bonds is 3. The molecule has 2 amide bonds. The fraction of sp³-hybridized carbons (Fsp3) is 0.560. The standard InChI is InChI=1S/C25H29F5N6O3/c1-13-11-35(6-7-36(13)22(38)39-23(2,3)4)17-9-14(25(28,29)30)8-16(33-17)20-19-15(24(5,26)27)10-18(37)34-21(19)32-12-31-20/h8-9,12-13,15H,6-7,10-11H2,1-5H3,(H,31,32,34,37)/t13-,15?/m0/s1. The smallest absolute Gasteiger partial charge is 0.416 e. The summed E-state index contributed by atoms with van der Waals surface area (Å²) in [5.74, 6) is -5.97. The molecule has 0 bridgehead atoms. The summed E-state index contributed by atoms with van der Waals surface area (Å²) in [6.45, 7) is 8.05. The number of amides is 2. The highest BCUT2D eigenvalue weighted by molar-refractivity contribution is 5.95. The maximum Gasteiger partial charge on any atom is 0.416 e. The molecular formula is C25H29F5N6O3. The molecule has 0 spiro atoms. The number of ether oxygens (including phenoxy) is 1. The Balaban J connectivity index is 1.75. The first-order valence-electron chi connectivity index (χ1n) is 12.3. The van der Waals surface area contributed by atoms with E-state index in [0.29, 0.717) is 6.92 Å². The van der Waals surface area contributed by atoms with Gasteiger partial charge in [-0.15, -0.1) is 0 Å². The molecule has 0 aromatic carbocycles. The molecule has 1 fully saturated rings. The van der Waals surface area contributed by atoms with E-state index < -0.39 is 53.6 Å². The number of carbonyl (C=O) groups excluding carboxylic acids is 2. The molecule has 4 rings (SSSR count). The van der Waals surface area contributed by atoms with Crippen LogP contribution in [0.1, 0.15) is 58.1 Å². The highest BCUT2D eigenvalue weighted by atomic mass is 19.4. The van der Waals surface area contributed by atoms with Crippen LogP contribution >= 0.6 is 0 Å². The third-order valence-corrected chi connectivity index (χ3v) is 6.45. The van der Waals surface area contributed by atoms with Gasteiger partial charge in [-0.25, -0.2) is 28.5 Å². The van der Waals surface area contributed by atoms with Gasteiger partial charge in [-0.2, -0.15) is 13.2 Å². The molecule has 1 N–H and O–H groups in total. The van der Waals surface area contributed by atoms with Crippen molar-refractivity contribution >= 4 is 23.6 Å². The molecule has 0 saturated carbocycles. The Morgan fingerprint density at radius 1 is 1.08 bits per heavy atom. The van der Waals surface area contributed by atoms with Crippen molar-refractivity contribution in [2.75, 3.05) is 29.9 Å². The Labute approximate surface area is 221 Å². The zero-order valence-electron chi connectivity index (χ0n) is 22.1. The second kappa shape index (κ2) is 9.87. The van der Waals surface area contributed by atoms with Crippen molar-refractivity contribution in [3.05, 3.63) is 29.6 Å². The highest BCUT2D eigenvalue weighted by Crippen LogP contribution is 2.45. The lowest BCUT2D eigenvalue weighted by Crippen LogP contribution is -2.55. The minimum absolute atomic E-state index is 0.0532. The molecule has 9 nitrogen and oxygen atoms in total. The molecule has 14 heteroatoms. The molecule has 2 aliphatic heterocycles. The number of halogens is 5. The quantitative estimate of drug-likeness (QED) is 0.526. The molecule has 4 heterocycles. The van der Waals surface area contributed by atoms with E-state index in [1.807, 2.05) is 0 Å². The predicted octanol–water partition coefficient (Wildman–Crippen LogP) is 5.08. The van der Waals surface area contributed by atoms with Crippen molar-refractivity contribution in [3.8, 4) is 11.4 Å². The van der Waals surface area contributed by atoms with Gasteiger partial charge in [0, 0.05) is 37.7 Å². The molecule has 1 saturated heterocycles. The zero-order valence-corrected chi connectivity index (χ0v) is 22.1. The van der Waals surface area contributed by atoms with Gasteiger partial charge in [-0.05, 0) is 46.8 Å². The van der Waals surface area contributed by atoms with Crippen LogP contribution in [0, 0.1) is 0 Å². The number of aromatic nitrogens is 3. The van der Waals surface area contributed by atoms with Crippen molar-refractivity contribution in [1.82, 2.24) is 19.9 Å². The SMILES string of the molecule is C[C@H]1CN(c2cc(C(F)(F)F)cc(-c3ncnc4c3C(C(C)(F)F)CC(=O)N4)n2)CCN1C(=O)OC(C)(C)C. The van der Waals surface area contributed by atoms with E-state index in [-0.39, 0.29) is 48.2 Å². The number of nitrogens with zero attached hydrogens (tertiary/aromatic N) is 5. The molecule has 39 heavy (non-hydrogen) atoms. The zero-order chi connectivity index (χ0) is 28.9. The third-order valence-electron chi connectivity index (χ3n) is 6.45. The summed E-state index contributed by atoms with van der Waals surface area (Å²) in [6, 6.07) is 1.20. The van der Waals surface area contributed by atoms with Crippen LogP contribution < -0.4 is 10.2 Å². The second-order valence-electron chi connectivity index (χ2n) is 10.8. The van der Waals surface area contributed by atoms with Crippen molar-refractivity contribution in [3.63, 3.8) is 0 Å². The molecule has 2 aromatic rings. The second-order valence-corrected chi connectivity index (χ2v) is 10.8. The van der Waals surface area contributed by atoms with E-state index >= 15 is 0 Å². The number of hydrogen-bond donors (Lipinski definition) is 1. The van der Waals surface area contributed by atoms with Crippen molar-refractivity contribution in [2.45, 2.75) is 70.7 Å². The molecule has 1 unspecified atom stereocenters. The van der Waals surface area contributed by atoms with E-state index in [1.54, 1.807) is 32.6 Å². The number of nitrogens with one attached hydrogen (secondary N) is 1. The van der Waals surface area contributed by atoms with E-state index in [4.69, 9.17) is 4.74 Å². The Kier molecular flexibility index (Phi) is 7.19. The number of fused-ring (bicyclic) bond motifs is 1. The summed E-state index contributed by atoms with van der Waals surface area (Å²) in [6.07, 6.45) is -4.92. The van der Waals surface area contributed by atoms with Crippen LogP contribution in [0.2, 0.25) is 0 Å².